The number of hydrogen-bond donors (Lipinski definition) is 1. The first-order chi connectivity index (χ1) is 25.7. The standard InChI is InChI=1S/C41H32N4.C7H8/c1-3-13-29(14-4-1)39-42-40(30-15-5-2-6-16-30)44-41(43-39)45-36-21-10-9-19-34(36)35-25-24-31(26-37(35)45)33-20-11-17-28-23-22-27-12-7-8-18-32(27)38(28)33;1-7-5-3-2-4-6-7/h1-18,20-21,24-26,34,39H,19,22-23H2,(H,42,43,44);2-6H,1H3/t34-,39?;/m1./s1. The third-order valence-corrected chi connectivity index (χ3v) is 10.5. The van der Waals surface area contributed by atoms with Crippen LogP contribution in [0.4, 0.5) is 5.69 Å². The molecule has 4 nitrogen and oxygen atoms in total. The van der Waals surface area contributed by atoms with E-state index in [1.807, 2.05) is 30.3 Å². The molecular formula is C48H40N4. The first kappa shape index (κ1) is 31.7. The van der Waals surface area contributed by atoms with Gasteiger partial charge in [0.25, 0.3) is 0 Å². The van der Waals surface area contributed by atoms with Crippen molar-refractivity contribution in [1.82, 2.24) is 5.32 Å². The minimum absolute atomic E-state index is 0.281. The second-order valence-corrected chi connectivity index (χ2v) is 13.8. The number of nitrogens with zero attached hydrogens (tertiary/aromatic N) is 3. The summed E-state index contributed by atoms with van der Waals surface area (Å²) in [6, 6.07) is 53.8. The van der Waals surface area contributed by atoms with Gasteiger partial charge in [-0.05, 0) is 82.8 Å². The number of guanidine groups is 1. The van der Waals surface area contributed by atoms with Crippen molar-refractivity contribution < 1.29 is 0 Å². The Labute approximate surface area is 306 Å². The summed E-state index contributed by atoms with van der Waals surface area (Å²) in [5, 5.41) is 3.67. The summed E-state index contributed by atoms with van der Waals surface area (Å²) in [7, 11) is 0. The van der Waals surface area contributed by atoms with Gasteiger partial charge < -0.3 is 5.32 Å². The molecule has 0 radical (unpaired) electrons. The van der Waals surface area contributed by atoms with E-state index in [4.69, 9.17) is 9.98 Å². The predicted octanol–water partition coefficient (Wildman–Crippen LogP) is 11.0. The Bertz CT molecular complexity index is 2370. The largest absolute Gasteiger partial charge is 0.310 e. The van der Waals surface area contributed by atoms with Gasteiger partial charge in [0.1, 0.15) is 5.84 Å². The molecule has 4 aliphatic rings. The molecule has 2 atom stereocenters. The highest BCUT2D eigenvalue weighted by Crippen LogP contribution is 2.50. The molecule has 0 bridgehead atoms. The number of allylic oxidation sites excluding steroid dienone is 4. The van der Waals surface area contributed by atoms with E-state index in [-0.39, 0.29) is 12.1 Å². The van der Waals surface area contributed by atoms with Gasteiger partial charge in [0.05, 0.1) is 5.69 Å². The van der Waals surface area contributed by atoms with Crippen LogP contribution in [0, 0.1) is 6.92 Å². The van der Waals surface area contributed by atoms with Gasteiger partial charge in [0.15, 0.2) is 6.17 Å². The van der Waals surface area contributed by atoms with Gasteiger partial charge in [-0.25, -0.2) is 9.98 Å². The fourth-order valence-electron chi connectivity index (χ4n) is 7.93. The van der Waals surface area contributed by atoms with E-state index in [1.165, 1.54) is 55.9 Å². The van der Waals surface area contributed by atoms with Crippen molar-refractivity contribution in [1.29, 1.82) is 0 Å². The number of benzene rings is 6. The summed E-state index contributed by atoms with van der Waals surface area (Å²) in [4.78, 5) is 12.7. The minimum atomic E-state index is -0.347. The van der Waals surface area contributed by atoms with Gasteiger partial charge >= 0.3 is 0 Å². The van der Waals surface area contributed by atoms with Gasteiger partial charge in [0.2, 0.25) is 5.96 Å². The van der Waals surface area contributed by atoms with Gasteiger partial charge in [0, 0.05) is 17.2 Å². The second kappa shape index (κ2) is 13.8. The van der Waals surface area contributed by atoms with Crippen molar-refractivity contribution >= 4 is 17.5 Å². The summed E-state index contributed by atoms with van der Waals surface area (Å²) < 4.78 is 0. The second-order valence-electron chi connectivity index (χ2n) is 13.8. The average Bonchev–Trinajstić information content (AvgIpc) is 3.55. The molecule has 0 saturated heterocycles. The van der Waals surface area contributed by atoms with Crippen LogP contribution >= 0.6 is 0 Å². The number of aliphatic imine (C=N–C) groups is 2. The summed E-state index contributed by atoms with van der Waals surface area (Å²) in [6.45, 7) is 2.08. The van der Waals surface area contributed by atoms with Crippen LogP contribution in [0.25, 0.3) is 22.3 Å². The molecule has 52 heavy (non-hydrogen) atoms. The zero-order valence-corrected chi connectivity index (χ0v) is 29.3. The van der Waals surface area contributed by atoms with Crippen LogP contribution in [-0.4, -0.2) is 11.8 Å². The Morgan fingerprint density at radius 3 is 2.12 bits per heavy atom. The molecule has 0 spiro atoms. The van der Waals surface area contributed by atoms with Crippen LogP contribution in [0.2, 0.25) is 0 Å². The Morgan fingerprint density at radius 2 is 1.33 bits per heavy atom. The Balaban J connectivity index is 0.000000464. The summed E-state index contributed by atoms with van der Waals surface area (Å²) >= 11 is 0. The lowest BCUT2D eigenvalue weighted by Gasteiger charge is -2.30. The maximum absolute atomic E-state index is 5.28. The molecule has 4 heteroatoms. The normalized spacial score (nSPS) is 17.9. The van der Waals surface area contributed by atoms with Crippen molar-refractivity contribution in [2.45, 2.75) is 38.3 Å². The van der Waals surface area contributed by atoms with Crippen LogP contribution in [0.5, 0.6) is 0 Å². The summed E-state index contributed by atoms with van der Waals surface area (Å²) in [5.41, 5.74) is 15.3. The van der Waals surface area contributed by atoms with E-state index >= 15 is 0 Å². The number of anilines is 1. The Hall–Kier alpha value is -6.26. The molecule has 252 valence electrons. The molecule has 1 N–H and O–H groups in total. The van der Waals surface area contributed by atoms with E-state index in [0.717, 1.165) is 42.2 Å². The van der Waals surface area contributed by atoms with E-state index in [1.54, 1.807) is 0 Å². The lowest BCUT2D eigenvalue weighted by Crippen LogP contribution is -2.46. The zero-order valence-electron chi connectivity index (χ0n) is 29.3. The molecule has 0 amide bonds. The molecule has 0 saturated carbocycles. The molecule has 0 fully saturated rings. The van der Waals surface area contributed by atoms with Crippen molar-refractivity contribution in [2.75, 3.05) is 4.90 Å². The topological polar surface area (TPSA) is 40.0 Å². The van der Waals surface area contributed by atoms with Crippen LogP contribution < -0.4 is 10.2 Å². The zero-order chi connectivity index (χ0) is 34.9. The SMILES string of the molecule is C1=CC[C@H]2C(=C1)N(C1=NC(c3ccccc3)N=C(c3ccccc3)N1)c1cc(-c3cccc4c3-c3ccccc3CC4)ccc12.Cc1ccccc1. The fourth-order valence-corrected chi connectivity index (χ4v) is 7.93. The van der Waals surface area contributed by atoms with Crippen LogP contribution in [0.15, 0.2) is 186 Å². The van der Waals surface area contributed by atoms with Crippen molar-refractivity contribution in [3.05, 3.63) is 209 Å². The van der Waals surface area contributed by atoms with Gasteiger partial charge in [-0.2, -0.15) is 0 Å². The van der Waals surface area contributed by atoms with E-state index < -0.39 is 0 Å². The number of amidine groups is 1. The van der Waals surface area contributed by atoms with Gasteiger partial charge in [-0.3, -0.25) is 4.90 Å². The number of rotatable bonds is 3. The summed E-state index contributed by atoms with van der Waals surface area (Å²) in [5.74, 6) is 1.92. The molecular weight excluding hydrogens is 633 g/mol. The lowest BCUT2D eigenvalue weighted by atomic mass is 9.81. The molecule has 2 heterocycles. The van der Waals surface area contributed by atoms with Gasteiger partial charge in [-0.1, -0.05) is 163 Å². The average molecular weight is 673 g/mol. The first-order valence-corrected chi connectivity index (χ1v) is 18.3. The van der Waals surface area contributed by atoms with Crippen LogP contribution in [-0.2, 0) is 12.8 Å². The maximum atomic E-state index is 5.28. The monoisotopic (exact) mass is 672 g/mol. The fraction of sp³-hybridized carbons (Fsp3) is 0.125. The minimum Gasteiger partial charge on any atom is -0.310 e. The molecule has 1 unspecified atom stereocenters. The lowest BCUT2D eigenvalue weighted by molar-refractivity contribution is 0.745. The van der Waals surface area contributed by atoms with Crippen molar-refractivity contribution in [2.24, 2.45) is 9.98 Å². The van der Waals surface area contributed by atoms with Crippen molar-refractivity contribution in [3.63, 3.8) is 0 Å². The highest BCUT2D eigenvalue weighted by Gasteiger charge is 2.38. The van der Waals surface area contributed by atoms with Crippen molar-refractivity contribution in [3.8, 4) is 22.3 Å². The maximum Gasteiger partial charge on any atom is 0.211 e. The molecule has 10 rings (SSSR count). The third kappa shape index (κ3) is 5.96. The summed E-state index contributed by atoms with van der Waals surface area (Å²) in [6.07, 6.45) is 9.50. The van der Waals surface area contributed by atoms with E-state index in [9.17, 15) is 0 Å². The molecule has 6 aromatic carbocycles. The van der Waals surface area contributed by atoms with Crippen LogP contribution in [0.1, 0.15) is 51.9 Å². The molecule has 0 aromatic heterocycles. The number of nitrogens with one attached hydrogen (secondary N) is 1. The smallest absolute Gasteiger partial charge is 0.211 e. The van der Waals surface area contributed by atoms with E-state index in [2.05, 4.69) is 157 Å². The Morgan fingerprint density at radius 1 is 0.635 bits per heavy atom. The molecule has 2 aliphatic carbocycles. The third-order valence-electron chi connectivity index (χ3n) is 10.5. The quantitative estimate of drug-likeness (QED) is 0.203. The molecule has 2 aliphatic heterocycles. The van der Waals surface area contributed by atoms with Crippen LogP contribution in [0.3, 0.4) is 0 Å². The Kier molecular flexibility index (Phi) is 8.42. The first-order valence-electron chi connectivity index (χ1n) is 18.3. The number of hydrogen-bond acceptors (Lipinski definition) is 4. The predicted molar refractivity (Wildman–Crippen MR) is 216 cm³/mol. The highest BCUT2D eigenvalue weighted by atomic mass is 15.4. The molecule has 6 aromatic rings. The number of fused-ring (bicyclic) bond motifs is 6. The highest BCUT2D eigenvalue weighted by molar-refractivity contribution is 6.16. The van der Waals surface area contributed by atoms with Gasteiger partial charge in [-0.15, -0.1) is 0 Å². The number of aryl methyl sites for hydroxylation is 3. The van der Waals surface area contributed by atoms with E-state index in [0.29, 0.717) is 0 Å².